The first kappa shape index (κ1) is 32.3. The normalized spacial score (nSPS) is 16.7. The second-order valence-corrected chi connectivity index (χ2v) is 12.7. The molecule has 1 amide bonds. The van der Waals surface area contributed by atoms with Crippen LogP contribution in [0.1, 0.15) is 11.1 Å². The summed E-state index contributed by atoms with van der Waals surface area (Å²) < 4.78 is 62.7. The number of halogens is 6. The van der Waals surface area contributed by atoms with Crippen molar-refractivity contribution in [1.29, 1.82) is 0 Å². The van der Waals surface area contributed by atoms with Gasteiger partial charge in [-0.3, -0.25) is 9.36 Å². The summed E-state index contributed by atoms with van der Waals surface area (Å²) in [6.45, 7) is 0. The maximum atomic E-state index is 14.6. The molecule has 242 valence electrons. The first-order valence-corrected chi connectivity index (χ1v) is 16.6. The Morgan fingerprint density at radius 3 is 1.79 bits per heavy atom. The molecule has 2 aliphatic carbocycles. The molecule has 0 bridgehead atoms. The molecule has 2 aliphatic heterocycles. The van der Waals surface area contributed by atoms with E-state index in [9.17, 15) is 34.8 Å². The van der Waals surface area contributed by atoms with Crippen molar-refractivity contribution >= 4 is 30.7 Å². The minimum absolute atomic E-state index is 0.170. The first-order valence-electron chi connectivity index (χ1n) is 14.6. The molecule has 11 heteroatoms. The third-order valence-corrected chi connectivity index (χ3v) is 7.48. The van der Waals surface area contributed by atoms with Crippen LogP contribution in [-0.2, 0) is 4.79 Å². The Labute approximate surface area is 270 Å². The molecule has 0 N–H and O–H groups in total. The van der Waals surface area contributed by atoms with Gasteiger partial charge in [0.25, 0.3) is 5.56 Å². The maximum absolute atomic E-state index is 14.6. The van der Waals surface area contributed by atoms with Crippen LogP contribution < -0.4 is 5.56 Å². The summed E-state index contributed by atoms with van der Waals surface area (Å²) in [6, 6.07) is 38.8. The third-order valence-electron chi connectivity index (χ3n) is 7.48. The van der Waals surface area contributed by atoms with Gasteiger partial charge in [-0.15, -0.1) is 4.58 Å². The number of allylic oxidation sites excluding steroid dienone is 5. The molecule has 0 unspecified atom stereocenters. The molecular formula is C37H25F6N2O2P. The Morgan fingerprint density at radius 1 is 0.625 bits per heavy atom. The fraction of sp³-hybridized carbons (Fsp3) is 0. The van der Waals surface area contributed by atoms with Gasteiger partial charge >= 0.3 is 38.9 Å². The number of para-hydroxylation sites is 2. The van der Waals surface area contributed by atoms with Crippen LogP contribution in [0.3, 0.4) is 0 Å². The topological polar surface area (TPSA) is 42.1 Å². The van der Waals surface area contributed by atoms with Gasteiger partial charge in [0, 0.05) is 35.0 Å². The SMILES string of the molecule is F[P-](F)(F)(F)(F)F.O=C1/C(=C(\c2ccccc2)c2c3cccccc-3n(-c3ccccc3)c2=O)C2=CC=CC=CC2=[N+]1c1ccccc1. The van der Waals surface area contributed by atoms with Crippen LogP contribution in [-0.4, -0.2) is 20.8 Å². The Balaban J connectivity index is 0.000000519. The van der Waals surface area contributed by atoms with Crippen molar-refractivity contribution in [1.82, 2.24) is 4.57 Å². The van der Waals surface area contributed by atoms with Gasteiger partial charge < -0.3 is 0 Å². The molecule has 0 radical (unpaired) electrons. The number of amides is 1. The average Bonchev–Trinajstić information content (AvgIpc) is 3.23. The van der Waals surface area contributed by atoms with Gasteiger partial charge in [-0.1, -0.05) is 109 Å². The van der Waals surface area contributed by atoms with Crippen LogP contribution >= 0.6 is 7.81 Å². The van der Waals surface area contributed by atoms with Gasteiger partial charge in [-0.2, -0.15) is 0 Å². The van der Waals surface area contributed by atoms with Gasteiger partial charge in [0.2, 0.25) is 11.4 Å². The molecule has 4 nitrogen and oxygen atoms in total. The molecule has 3 aromatic carbocycles. The fourth-order valence-electron chi connectivity index (χ4n) is 5.73. The molecule has 0 saturated carbocycles. The molecule has 2 heterocycles. The predicted octanol–water partition coefficient (Wildman–Crippen LogP) is 10.5. The summed E-state index contributed by atoms with van der Waals surface area (Å²) in [6.07, 6.45) is 9.75. The Kier molecular flexibility index (Phi) is 7.80. The zero-order chi connectivity index (χ0) is 34.2. The Morgan fingerprint density at radius 2 is 1.17 bits per heavy atom. The number of aromatic nitrogens is 1. The molecule has 0 aromatic heterocycles. The number of carbonyl (C=O) groups is 1. The van der Waals surface area contributed by atoms with Crippen LogP contribution in [0.2, 0.25) is 0 Å². The van der Waals surface area contributed by atoms with E-state index in [1.54, 1.807) is 9.14 Å². The minimum Gasteiger partial charge on any atom is -0.276 e. The zero-order valence-electron chi connectivity index (χ0n) is 24.9. The van der Waals surface area contributed by atoms with Crippen LogP contribution in [0.5, 0.6) is 0 Å². The van der Waals surface area contributed by atoms with Crippen molar-refractivity contribution in [2.75, 3.05) is 0 Å². The monoisotopic (exact) mass is 674 g/mol. The van der Waals surface area contributed by atoms with E-state index in [4.69, 9.17) is 0 Å². The smallest absolute Gasteiger partial charge is 0.276 e. The summed E-state index contributed by atoms with van der Waals surface area (Å²) in [5, 5.41) is 0. The predicted molar refractivity (Wildman–Crippen MR) is 177 cm³/mol. The summed E-state index contributed by atoms with van der Waals surface area (Å²) in [5.74, 6) is -0.170. The van der Waals surface area contributed by atoms with Crippen LogP contribution in [0.25, 0.3) is 22.5 Å². The molecule has 0 spiro atoms. The van der Waals surface area contributed by atoms with Gasteiger partial charge in [0.05, 0.1) is 16.8 Å². The average molecular weight is 675 g/mol. The number of nitrogens with zero attached hydrogens (tertiary/aromatic N) is 2. The largest absolute Gasteiger partial charge is 0.427 e. The molecule has 0 saturated heterocycles. The van der Waals surface area contributed by atoms with Crippen molar-refractivity contribution in [3.8, 4) is 16.9 Å². The van der Waals surface area contributed by atoms with E-state index in [2.05, 4.69) is 0 Å². The Bertz CT molecular complexity index is 2230. The standard InChI is InChI=1S/C37H25N2O2.F6P/c40-36-34(29-22-12-4-14-24-31(29)38(36)27-18-8-2-9-19-27)33(26-16-6-1-7-17-26)35-30-23-13-5-15-25-32(30)39(37(35)41)28-20-10-3-11-21-28;1-7(2,3,4,5)6/h1-25H;/q+1;-1. The van der Waals surface area contributed by atoms with E-state index in [0.29, 0.717) is 16.7 Å². The van der Waals surface area contributed by atoms with E-state index < -0.39 is 7.81 Å². The van der Waals surface area contributed by atoms with Crippen LogP contribution in [0.4, 0.5) is 30.9 Å². The van der Waals surface area contributed by atoms with Crippen molar-refractivity contribution in [3.05, 3.63) is 184 Å². The number of rotatable bonds is 4. The molecule has 0 atom stereocenters. The first-order chi connectivity index (χ1) is 22.7. The molecule has 3 aromatic rings. The number of carbonyl (C=O) groups excluding carboxylic acids is 1. The molecule has 4 aliphatic rings. The summed E-state index contributed by atoms with van der Waals surface area (Å²) >= 11 is 0. The van der Waals surface area contributed by atoms with Crippen LogP contribution in [0, 0.1) is 0 Å². The number of benzene rings is 3. The van der Waals surface area contributed by atoms with Gasteiger partial charge in [0.15, 0.2) is 0 Å². The summed E-state index contributed by atoms with van der Waals surface area (Å²) in [7, 11) is -10.7. The van der Waals surface area contributed by atoms with E-state index in [1.165, 1.54) is 0 Å². The molecule has 0 fully saturated rings. The summed E-state index contributed by atoms with van der Waals surface area (Å²) in [4.78, 5) is 29.2. The van der Waals surface area contributed by atoms with Crippen molar-refractivity contribution in [2.24, 2.45) is 0 Å². The summed E-state index contributed by atoms with van der Waals surface area (Å²) in [5.41, 5.74) is 6.92. The van der Waals surface area contributed by atoms with Crippen molar-refractivity contribution in [2.45, 2.75) is 0 Å². The van der Waals surface area contributed by atoms with E-state index >= 15 is 0 Å². The van der Waals surface area contributed by atoms with Gasteiger partial charge in [-0.25, -0.2) is 4.79 Å². The van der Waals surface area contributed by atoms with E-state index in [-0.39, 0.29) is 11.5 Å². The molecule has 48 heavy (non-hydrogen) atoms. The van der Waals surface area contributed by atoms with Crippen molar-refractivity contribution < 1.29 is 34.6 Å². The molecule has 7 rings (SSSR count). The van der Waals surface area contributed by atoms with Crippen LogP contribution in [0.15, 0.2) is 168 Å². The van der Waals surface area contributed by atoms with Crippen molar-refractivity contribution in [3.63, 3.8) is 0 Å². The maximum Gasteiger partial charge on any atom is 0.427 e. The van der Waals surface area contributed by atoms with E-state index in [0.717, 1.165) is 39.5 Å². The van der Waals surface area contributed by atoms with Gasteiger partial charge in [-0.05, 0) is 29.8 Å². The van der Waals surface area contributed by atoms with E-state index in [1.807, 2.05) is 152 Å². The quantitative estimate of drug-likeness (QED) is 0.0824. The van der Waals surface area contributed by atoms with Gasteiger partial charge in [0.1, 0.15) is 5.57 Å². The number of fused-ring (bicyclic) bond motifs is 2. The number of hydrogen-bond acceptors (Lipinski definition) is 2. The Hall–Kier alpha value is -5.60. The fourth-order valence-corrected chi connectivity index (χ4v) is 5.73. The zero-order valence-corrected chi connectivity index (χ0v) is 25.8. The third kappa shape index (κ3) is 7.04. The molecular weight excluding hydrogens is 649 g/mol. The second kappa shape index (κ2) is 11.6. The minimum atomic E-state index is -10.7. The second-order valence-electron chi connectivity index (χ2n) is 10.8. The number of hydrogen-bond donors (Lipinski definition) is 0.